The molecule has 3 nitrogen and oxygen atoms in total. The zero-order chi connectivity index (χ0) is 10.7. The topological polar surface area (TPSA) is 50.1 Å². The summed E-state index contributed by atoms with van der Waals surface area (Å²) in [4.78, 5) is 11.3. The van der Waals surface area contributed by atoms with Crippen LogP contribution in [0.1, 0.15) is 15.9 Å². The number of hydrogen-bond acceptors (Lipinski definition) is 3. The monoisotopic (exact) mass is 365 g/mol. The van der Waals surface area contributed by atoms with Gasteiger partial charge in [0.05, 0.1) is 18.2 Å². The molecule has 0 N–H and O–H groups in total. The molecule has 5 heteroatoms. The Balaban J connectivity index is 3.33. The van der Waals surface area contributed by atoms with E-state index in [0.29, 0.717) is 19.2 Å². The molecule has 0 saturated carbocycles. The van der Waals surface area contributed by atoms with E-state index >= 15 is 0 Å². The number of nitrogens with zero attached hydrogens (tertiary/aromatic N) is 1. The van der Waals surface area contributed by atoms with Gasteiger partial charge in [0.1, 0.15) is 6.07 Å². The predicted octanol–water partition coefficient (Wildman–Crippen LogP) is 2.71. The summed E-state index contributed by atoms with van der Waals surface area (Å²) in [5.41, 5.74) is 0.959. The first-order valence-corrected chi connectivity index (χ1v) is 5.45. The standard InChI is InChI=1S/C9H5BrINO2/c1-14-9(13)6-3-2-5(4-12)7(10)8(6)11/h2-3H,1H3. The lowest BCUT2D eigenvalue weighted by molar-refractivity contribution is 0.0599. The van der Waals surface area contributed by atoms with Crippen LogP contribution < -0.4 is 0 Å². The average molecular weight is 366 g/mol. The lowest BCUT2D eigenvalue weighted by atomic mass is 10.1. The van der Waals surface area contributed by atoms with Crippen molar-refractivity contribution in [3.63, 3.8) is 0 Å². The SMILES string of the molecule is COC(=O)c1ccc(C#N)c(Br)c1I. The normalized spacial score (nSPS) is 9.29. The van der Waals surface area contributed by atoms with Gasteiger partial charge in [-0.2, -0.15) is 5.26 Å². The molecule has 0 aliphatic rings. The van der Waals surface area contributed by atoms with Gasteiger partial charge in [-0.15, -0.1) is 0 Å². The van der Waals surface area contributed by atoms with Crippen molar-refractivity contribution >= 4 is 44.5 Å². The van der Waals surface area contributed by atoms with Crippen LogP contribution in [-0.2, 0) is 4.74 Å². The molecule has 0 heterocycles. The van der Waals surface area contributed by atoms with E-state index in [-0.39, 0.29) is 0 Å². The molecule has 1 aromatic rings. The largest absolute Gasteiger partial charge is 0.465 e. The van der Waals surface area contributed by atoms with Crippen molar-refractivity contribution in [2.24, 2.45) is 0 Å². The summed E-state index contributed by atoms with van der Waals surface area (Å²) < 4.78 is 5.91. The van der Waals surface area contributed by atoms with Gasteiger partial charge < -0.3 is 4.74 Å². The highest BCUT2D eigenvalue weighted by Crippen LogP contribution is 2.26. The Morgan fingerprint density at radius 2 is 2.29 bits per heavy atom. The van der Waals surface area contributed by atoms with Gasteiger partial charge in [0.15, 0.2) is 0 Å². The van der Waals surface area contributed by atoms with E-state index in [2.05, 4.69) is 20.7 Å². The van der Waals surface area contributed by atoms with Crippen molar-refractivity contribution in [3.05, 3.63) is 31.3 Å². The molecule has 0 aliphatic heterocycles. The van der Waals surface area contributed by atoms with Crippen molar-refractivity contribution < 1.29 is 9.53 Å². The molecule has 0 unspecified atom stereocenters. The summed E-state index contributed by atoms with van der Waals surface area (Å²) in [7, 11) is 1.32. The van der Waals surface area contributed by atoms with Gasteiger partial charge in [-0.25, -0.2) is 4.79 Å². The molecule has 0 aliphatic carbocycles. The Bertz CT molecular complexity index is 426. The van der Waals surface area contributed by atoms with Crippen LogP contribution in [0.5, 0.6) is 0 Å². The molecule has 0 atom stereocenters. The molecule has 1 rings (SSSR count). The zero-order valence-electron chi connectivity index (χ0n) is 7.17. The first-order chi connectivity index (χ1) is 6.61. The van der Waals surface area contributed by atoms with Gasteiger partial charge >= 0.3 is 5.97 Å². The van der Waals surface area contributed by atoms with Gasteiger partial charge in [-0.1, -0.05) is 0 Å². The Morgan fingerprint density at radius 3 is 2.79 bits per heavy atom. The molecule has 14 heavy (non-hydrogen) atoms. The van der Waals surface area contributed by atoms with E-state index in [1.165, 1.54) is 7.11 Å². The summed E-state index contributed by atoms with van der Waals surface area (Å²) in [6.45, 7) is 0. The van der Waals surface area contributed by atoms with E-state index in [4.69, 9.17) is 5.26 Å². The summed E-state index contributed by atoms with van der Waals surface area (Å²) in [5, 5.41) is 8.73. The van der Waals surface area contributed by atoms with E-state index in [0.717, 1.165) is 0 Å². The maximum absolute atomic E-state index is 11.3. The van der Waals surface area contributed by atoms with E-state index < -0.39 is 5.97 Å². The van der Waals surface area contributed by atoms with Gasteiger partial charge in [-0.3, -0.25) is 0 Å². The minimum atomic E-state index is -0.403. The smallest absolute Gasteiger partial charge is 0.338 e. The lowest BCUT2D eigenvalue weighted by Crippen LogP contribution is -2.04. The van der Waals surface area contributed by atoms with Gasteiger partial charge in [0.25, 0.3) is 0 Å². The van der Waals surface area contributed by atoms with Gasteiger partial charge in [0, 0.05) is 8.04 Å². The number of carbonyl (C=O) groups is 1. The van der Waals surface area contributed by atoms with Crippen LogP contribution in [0.3, 0.4) is 0 Å². The third-order valence-corrected chi connectivity index (χ3v) is 4.29. The minimum absolute atomic E-state index is 0.403. The van der Waals surface area contributed by atoms with Crippen LogP contribution >= 0.6 is 38.5 Å². The van der Waals surface area contributed by atoms with Gasteiger partial charge in [0.2, 0.25) is 0 Å². The molecule has 0 radical (unpaired) electrons. The third kappa shape index (κ3) is 2.07. The molecular formula is C9H5BrINO2. The Kier molecular flexibility index (Phi) is 3.89. The molecule has 72 valence electrons. The minimum Gasteiger partial charge on any atom is -0.465 e. The van der Waals surface area contributed by atoms with Crippen LogP contribution in [0.4, 0.5) is 0 Å². The summed E-state index contributed by atoms with van der Waals surface area (Å²) in [5.74, 6) is -0.403. The van der Waals surface area contributed by atoms with E-state index in [9.17, 15) is 4.79 Å². The fourth-order valence-corrected chi connectivity index (χ4v) is 2.03. The summed E-state index contributed by atoms with van der Waals surface area (Å²) in [6, 6.07) is 5.18. The van der Waals surface area contributed by atoms with Crippen LogP contribution in [0, 0.1) is 14.9 Å². The number of ether oxygens (including phenoxy) is 1. The van der Waals surface area contributed by atoms with Crippen LogP contribution in [0.25, 0.3) is 0 Å². The van der Waals surface area contributed by atoms with Crippen molar-refractivity contribution in [1.29, 1.82) is 5.26 Å². The van der Waals surface area contributed by atoms with Crippen molar-refractivity contribution in [1.82, 2.24) is 0 Å². The number of halogens is 2. The molecule has 0 fully saturated rings. The average Bonchev–Trinajstić information content (AvgIpc) is 2.21. The highest BCUT2D eigenvalue weighted by atomic mass is 127. The highest BCUT2D eigenvalue weighted by Gasteiger charge is 2.14. The molecule has 1 aromatic carbocycles. The van der Waals surface area contributed by atoms with Crippen molar-refractivity contribution in [3.8, 4) is 6.07 Å². The molecule has 0 bridgehead atoms. The van der Waals surface area contributed by atoms with Crippen LogP contribution in [-0.4, -0.2) is 13.1 Å². The lowest BCUT2D eigenvalue weighted by Gasteiger charge is -2.04. The molecule has 0 saturated heterocycles. The number of benzene rings is 1. The maximum atomic E-state index is 11.3. The van der Waals surface area contributed by atoms with Crippen molar-refractivity contribution in [2.75, 3.05) is 7.11 Å². The number of esters is 1. The number of hydrogen-bond donors (Lipinski definition) is 0. The quantitative estimate of drug-likeness (QED) is 0.568. The number of methoxy groups -OCH3 is 1. The second kappa shape index (κ2) is 4.75. The van der Waals surface area contributed by atoms with Crippen molar-refractivity contribution in [2.45, 2.75) is 0 Å². The fourth-order valence-electron chi connectivity index (χ4n) is 0.903. The maximum Gasteiger partial charge on any atom is 0.338 e. The summed E-state index contributed by atoms with van der Waals surface area (Å²) in [6.07, 6.45) is 0. The predicted molar refractivity (Wildman–Crippen MR) is 62.9 cm³/mol. The zero-order valence-corrected chi connectivity index (χ0v) is 10.9. The number of rotatable bonds is 1. The highest BCUT2D eigenvalue weighted by molar-refractivity contribution is 14.1. The number of carbonyl (C=O) groups excluding carboxylic acids is 1. The van der Waals surface area contributed by atoms with Gasteiger partial charge in [-0.05, 0) is 50.7 Å². The first-order valence-electron chi connectivity index (χ1n) is 3.58. The second-order valence-electron chi connectivity index (χ2n) is 2.39. The first kappa shape index (κ1) is 11.5. The van der Waals surface area contributed by atoms with Crippen LogP contribution in [0.2, 0.25) is 0 Å². The molecule has 0 spiro atoms. The molecular weight excluding hydrogens is 361 g/mol. The van der Waals surface area contributed by atoms with E-state index in [1.807, 2.05) is 28.7 Å². The van der Waals surface area contributed by atoms with E-state index in [1.54, 1.807) is 12.1 Å². The Labute approximate surface area is 103 Å². The third-order valence-electron chi connectivity index (χ3n) is 1.61. The Morgan fingerprint density at radius 1 is 1.64 bits per heavy atom. The molecule has 0 aromatic heterocycles. The second-order valence-corrected chi connectivity index (χ2v) is 4.26. The Hall–Kier alpha value is -0.610. The summed E-state index contributed by atoms with van der Waals surface area (Å²) >= 11 is 5.24. The van der Waals surface area contributed by atoms with Crippen LogP contribution in [0.15, 0.2) is 16.6 Å². The fraction of sp³-hybridized carbons (Fsp3) is 0.111. The molecule has 0 amide bonds. The number of nitriles is 1.